The van der Waals surface area contributed by atoms with Gasteiger partial charge in [-0.05, 0) is 84.2 Å². The first-order valence-corrected chi connectivity index (χ1v) is 17.5. The predicted molar refractivity (Wildman–Crippen MR) is 215 cm³/mol. The summed E-state index contributed by atoms with van der Waals surface area (Å²) in [6.45, 7) is 0. The van der Waals surface area contributed by atoms with Crippen LogP contribution < -0.4 is 0 Å². The van der Waals surface area contributed by atoms with E-state index in [0.29, 0.717) is 17.5 Å². The molecule has 0 fully saturated rings. The van der Waals surface area contributed by atoms with Crippen molar-refractivity contribution in [1.29, 1.82) is 0 Å². The summed E-state index contributed by atoms with van der Waals surface area (Å²) in [6.07, 6.45) is 3.79. The van der Waals surface area contributed by atoms with Gasteiger partial charge < -0.3 is 0 Å². The van der Waals surface area contributed by atoms with Crippen LogP contribution in [0.5, 0.6) is 0 Å². The second-order valence-electron chi connectivity index (χ2n) is 13.1. The minimum atomic E-state index is 0.617. The molecule has 0 aliphatic heterocycles. The van der Waals surface area contributed by atoms with Crippen molar-refractivity contribution in [3.05, 3.63) is 182 Å². The Bertz CT molecular complexity index is 2940. The van der Waals surface area contributed by atoms with Gasteiger partial charge in [-0.1, -0.05) is 146 Å². The lowest BCUT2D eigenvalue weighted by Gasteiger charge is -2.15. The summed E-state index contributed by atoms with van der Waals surface area (Å²) in [6, 6.07) is 59.7. The van der Waals surface area contributed by atoms with Crippen LogP contribution >= 0.6 is 0 Å². The van der Waals surface area contributed by atoms with Gasteiger partial charge >= 0.3 is 0 Å². The van der Waals surface area contributed by atoms with E-state index in [1.165, 1.54) is 26.9 Å². The molecule has 10 aromatic rings. The van der Waals surface area contributed by atoms with Crippen molar-refractivity contribution in [1.82, 2.24) is 19.9 Å². The van der Waals surface area contributed by atoms with Gasteiger partial charge in [0.2, 0.25) is 0 Å². The molecule has 0 unspecified atom stereocenters. The van der Waals surface area contributed by atoms with Crippen molar-refractivity contribution in [2.45, 2.75) is 0 Å². The fourth-order valence-corrected chi connectivity index (χ4v) is 7.44. The Morgan fingerprint density at radius 1 is 0.308 bits per heavy atom. The van der Waals surface area contributed by atoms with Crippen molar-refractivity contribution in [2.24, 2.45) is 0 Å². The third-order valence-electron chi connectivity index (χ3n) is 9.97. The number of nitrogens with zero attached hydrogens (tertiary/aromatic N) is 4. The Morgan fingerprint density at radius 3 is 1.77 bits per heavy atom. The van der Waals surface area contributed by atoms with E-state index < -0.39 is 0 Å². The maximum atomic E-state index is 5.27. The third-order valence-corrected chi connectivity index (χ3v) is 9.97. The van der Waals surface area contributed by atoms with Gasteiger partial charge in [0.15, 0.2) is 17.5 Å². The number of rotatable bonds is 5. The molecular weight excluding hydrogens is 633 g/mol. The first-order valence-electron chi connectivity index (χ1n) is 17.5. The lowest BCUT2D eigenvalue weighted by molar-refractivity contribution is 1.08. The van der Waals surface area contributed by atoms with Gasteiger partial charge in [0, 0.05) is 34.5 Å². The molecule has 0 spiro atoms. The van der Waals surface area contributed by atoms with Crippen molar-refractivity contribution >= 4 is 43.1 Å². The molecule has 4 heteroatoms. The lowest BCUT2D eigenvalue weighted by atomic mass is 9.91. The highest BCUT2D eigenvalue weighted by molar-refractivity contribution is 6.23. The molecule has 0 bridgehead atoms. The predicted octanol–water partition coefficient (Wildman–Crippen LogP) is 12.2. The van der Waals surface area contributed by atoms with Crippen LogP contribution in [0.1, 0.15) is 0 Å². The van der Waals surface area contributed by atoms with E-state index in [1.807, 2.05) is 30.6 Å². The second-order valence-corrected chi connectivity index (χ2v) is 13.1. The molecule has 242 valence electrons. The fraction of sp³-hybridized carbons (Fsp3) is 0. The van der Waals surface area contributed by atoms with Crippen molar-refractivity contribution < 1.29 is 0 Å². The number of aromatic nitrogens is 4. The number of hydrogen-bond acceptors (Lipinski definition) is 4. The Balaban J connectivity index is 1.22. The first-order chi connectivity index (χ1) is 25.8. The van der Waals surface area contributed by atoms with Gasteiger partial charge in [0.1, 0.15) is 0 Å². The number of pyridine rings is 1. The van der Waals surface area contributed by atoms with E-state index in [9.17, 15) is 0 Å². The summed E-state index contributed by atoms with van der Waals surface area (Å²) in [5.74, 6) is 1.86. The molecule has 2 aromatic heterocycles. The smallest absolute Gasteiger partial charge is 0.164 e. The van der Waals surface area contributed by atoms with E-state index in [-0.39, 0.29) is 0 Å². The SMILES string of the molecule is c1ccc(-c2nc(-c3ccc(-c4ccc5ccccc5c4)c(-c4ccccc4)c3)nc(-c3cc4cnccc4c4c3ccc3ccccc34)n2)cc1. The molecule has 0 saturated carbocycles. The summed E-state index contributed by atoms with van der Waals surface area (Å²) < 4.78 is 0. The summed E-state index contributed by atoms with van der Waals surface area (Å²) in [4.78, 5) is 20.1. The highest BCUT2D eigenvalue weighted by Gasteiger charge is 2.19. The van der Waals surface area contributed by atoms with Crippen LogP contribution in [0.2, 0.25) is 0 Å². The molecule has 0 radical (unpaired) electrons. The van der Waals surface area contributed by atoms with Gasteiger partial charge in [0.05, 0.1) is 0 Å². The van der Waals surface area contributed by atoms with Gasteiger partial charge in [-0.15, -0.1) is 0 Å². The Labute approximate surface area is 300 Å². The highest BCUT2D eigenvalue weighted by Crippen LogP contribution is 2.40. The third kappa shape index (κ3) is 5.17. The van der Waals surface area contributed by atoms with E-state index in [0.717, 1.165) is 55.1 Å². The molecule has 0 atom stereocenters. The summed E-state index contributed by atoms with van der Waals surface area (Å²) in [7, 11) is 0. The van der Waals surface area contributed by atoms with E-state index in [4.69, 9.17) is 15.0 Å². The van der Waals surface area contributed by atoms with Crippen LogP contribution in [0.4, 0.5) is 0 Å². The molecule has 0 saturated heterocycles. The molecule has 0 aliphatic carbocycles. The number of benzene rings is 8. The minimum Gasteiger partial charge on any atom is -0.264 e. The van der Waals surface area contributed by atoms with Gasteiger partial charge in [-0.3, -0.25) is 4.98 Å². The largest absolute Gasteiger partial charge is 0.264 e. The van der Waals surface area contributed by atoms with Crippen molar-refractivity contribution in [3.8, 4) is 56.4 Å². The van der Waals surface area contributed by atoms with Gasteiger partial charge in [0.25, 0.3) is 0 Å². The monoisotopic (exact) mass is 662 g/mol. The van der Waals surface area contributed by atoms with Crippen LogP contribution in [-0.2, 0) is 0 Å². The molecule has 4 nitrogen and oxygen atoms in total. The van der Waals surface area contributed by atoms with E-state index in [2.05, 4.69) is 157 Å². The second kappa shape index (κ2) is 12.4. The zero-order valence-electron chi connectivity index (χ0n) is 28.1. The summed E-state index contributed by atoms with van der Waals surface area (Å²) >= 11 is 0. The Morgan fingerprint density at radius 2 is 0.942 bits per heavy atom. The molecule has 8 aromatic carbocycles. The molecular formula is C48H30N4. The molecule has 0 amide bonds. The zero-order chi connectivity index (χ0) is 34.4. The highest BCUT2D eigenvalue weighted by atomic mass is 15.0. The normalized spacial score (nSPS) is 11.5. The van der Waals surface area contributed by atoms with Gasteiger partial charge in [-0.2, -0.15) is 0 Å². The number of hydrogen-bond donors (Lipinski definition) is 0. The van der Waals surface area contributed by atoms with E-state index >= 15 is 0 Å². The van der Waals surface area contributed by atoms with Crippen LogP contribution in [0.3, 0.4) is 0 Å². The maximum absolute atomic E-state index is 5.27. The van der Waals surface area contributed by atoms with Crippen molar-refractivity contribution in [2.75, 3.05) is 0 Å². The quantitative estimate of drug-likeness (QED) is 0.172. The average molecular weight is 663 g/mol. The van der Waals surface area contributed by atoms with Crippen LogP contribution in [0.15, 0.2) is 182 Å². The van der Waals surface area contributed by atoms with Crippen LogP contribution in [0, 0.1) is 0 Å². The molecule has 0 N–H and O–H groups in total. The van der Waals surface area contributed by atoms with Crippen LogP contribution in [0.25, 0.3) is 99.5 Å². The first kappa shape index (κ1) is 29.8. The van der Waals surface area contributed by atoms with E-state index in [1.54, 1.807) is 0 Å². The zero-order valence-corrected chi connectivity index (χ0v) is 28.1. The standard InChI is InChI=1S/C48H30N4/c1-3-12-32(13-4-1)43-28-37(22-23-39(43)36-20-19-31-11-7-8-17-35(31)27-36)47-50-46(34-15-5-2-6-16-34)51-48(52-47)44-29-38-30-49-26-25-41(38)45-40-18-10-9-14-33(40)21-24-42(44)45/h1-30H. The Hall–Kier alpha value is -7.04. The Kier molecular flexibility index (Phi) is 7.10. The molecule has 0 aliphatic rings. The van der Waals surface area contributed by atoms with Gasteiger partial charge in [-0.25, -0.2) is 15.0 Å². The summed E-state index contributed by atoms with van der Waals surface area (Å²) in [5.41, 5.74) is 7.35. The van der Waals surface area contributed by atoms with Crippen molar-refractivity contribution in [3.63, 3.8) is 0 Å². The minimum absolute atomic E-state index is 0.617. The molecule has 52 heavy (non-hydrogen) atoms. The summed E-state index contributed by atoms with van der Waals surface area (Å²) in [5, 5.41) is 9.26. The lowest BCUT2D eigenvalue weighted by Crippen LogP contribution is -2.01. The topological polar surface area (TPSA) is 51.6 Å². The maximum Gasteiger partial charge on any atom is 0.164 e. The van der Waals surface area contributed by atoms with Crippen LogP contribution in [-0.4, -0.2) is 19.9 Å². The average Bonchev–Trinajstić information content (AvgIpc) is 3.23. The molecule has 2 heterocycles. The fourth-order valence-electron chi connectivity index (χ4n) is 7.44. The molecule has 10 rings (SSSR count). The number of fused-ring (bicyclic) bond motifs is 6.